The van der Waals surface area contributed by atoms with Crippen molar-refractivity contribution in [2.24, 2.45) is 5.92 Å². The molecule has 21 heavy (non-hydrogen) atoms. The SMILES string of the molecule is CCCN(CC)c1nc2ccccn2c1CNCC(C)C. The Hall–Kier alpha value is -1.55. The van der Waals surface area contributed by atoms with Gasteiger partial charge in [0, 0.05) is 25.8 Å². The molecule has 0 aliphatic rings. The van der Waals surface area contributed by atoms with Gasteiger partial charge in [-0.25, -0.2) is 4.98 Å². The van der Waals surface area contributed by atoms with E-state index >= 15 is 0 Å². The molecule has 4 nitrogen and oxygen atoms in total. The normalized spacial score (nSPS) is 11.5. The minimum absolute atomic E-state index is 0.658. The molecule has 0 spiro atoms. The summed E-state index contributed by atoms with van der Waals surface area (Å²) in [4.78, 5) is 7.22. The van der Waals surface area contributed by atoms with Gasteiger partial charge in [0.2, 0.25) is 0 Å². The smallest absolute Gasteiger partial charge is 0.152 e. The fraction of sp³-hybridized carbons (Fsp3) is 0.588. The second kappa shape index (κ2) is 7.46. The van der Waals surface area contributed by atoms with Crippen LogP contribution < -0.4 is 10.2 Å². The van der Waals surface area contributed by atoms with Crippen LogP contribution in [0.5, 0.6) is 0 Å². The molecule has 0 saturated heterocycles. The molecule has 2 aromatic heterocycles. The number of hydrogen-bond donors (Lipinski definition) is 1. The topological polar surface area (TPSA) is 32.6 Å². The maximum absolute atomic E-state index is 4.85. The van der Waals surface area contributed by atoms with Crippen LogP contribution in [0.25, 0.3) is 5.65 Å². The van der Waals surface area contributed by atoms with Crippen LogP contribution in [0.3, 0.4) is 0 Å². The Balaban J connectivity index is 2.33. The first-order valence-corrected chi connectivity index (χ1v) is 8.09. The molecular formula is C17H28N4. The maximum Gasteiger partial charge on any atom is 0.152 e. The monoisotopic (exact) mass is 288 g/mol. The first kappa shape index (κ1) is 15.8. The molecule has 0 amide bonds. The molecule has 0 saturated carbocycles. The molecule has 1 N–H and O–H groups in total. The molecule has 2 heterocycles. The number of nitrogens with one attached hydrogen (secondary N) is 1. The highest BCUT2D eigenvalue weighted by Crippen LogP contribution is 2.22. The maximum atomic E-state index is 4.85. The van der Waals surface area contributed by atoms with Crippen molar-refractivity contribution in [1.82, 2.24) is 14.7 Å². The number of nitrogens with zero attached hydrogens (tertiary/aromatic N) is 3. The summed E-state index contributed by atoms with van der Waals surface area (Å²) >= 11 is 0. The van der Waals surface area contributed by atoms with Gasteiger partial charge < -0.3 is 14.6 Å². The van der Waals surface area contributed by atoms with E-state index < -0.39 is 0 Å². The number of pyridine rings is 1. The number of rotatable bonds is 8. The minimum Gasteiger partial charge on any atom is -0.355 e. The lowest BCUT2D eigenvalue weighted by molar-refractivity contribution is 0.546. The van der Waals surface area contributed by atoms with E-state index in [9.17, 15) is 0 Å². The first-order valence-electron chi connectivity index (χ1n) is 8.09. The Morgan fingerprint density at radius 2 is 2.10 bits per heavy atom. The average molecular weight is 288 g/mol. The van der Waals surface area contributed by atoms with E-state index in [1.807, 2.05) is 6.07 Å². The van der Waals surface area contributed by atoms with E-state index in [1.54, 1.807) is 0 Å². The summed E-state index contributed by atoms with van der Waals surface area (Å²) in [5, 5.41) is 3.55. The number of imidazole rings is 1. The zero-order chi connectivity index (χ0) is 15.2. The highest BCUT2D eigenvalue weighted by molar-refractivity contribution is 5.55. The third-order valence-corrected chi connectivity index (χ3v) is 3.63. The molecule has 2 rings (SSSR count). The second-order valence-electron chi connectivity index (χ2n) is 5.92. The van der Waals surface area contributed by atoms with Crippen LogP contribution >= 0.6 is 0 Å². The van der Waals surface area contributed by atoms with Crippen molar-refractivity contribution in [3.63, 3.8) is 0 Å². The Morgan fingerprint density at radius 1 is 1.29 bits per heavy atom. The van der Waals surface area contributed by atoms with Crippen LogP contribution in [0.2, 0.25) is 0 Å². The molecule has 0 unspecified atom stereocenters. The van der Waals surface area contributed by atoms with Crippen molar-refractivity contribution in [2.45, 2.75) is 40.7 Å². The number of aromatic nitrogens is 2. The fourth-order valence-corrected chi connectivity index (χ4v) is 2.61. The predicted molar refractivity (Wildman–Crippen MR) is 89.9 cm³/mol. The van der Waals surface area contributed by atoms with Crippen molar-refractivity contribution >= 4 is 11.5 Å². The van der Waals surface area contributed by atoms with E-state index in [2.05, 4.69) is 60.6 Å². The van der Waals surface area contributed by atoms with E-state index in [1.165, 1.54) is 5.69 Å². The summed E-state index contributed by atoms with van der Waals surface area (Å²) in [6.07, 6.45) is 3.25. The summed E-state index contributed by atoms with van der Waals surface area (Å²) in [5.74, 6) is 1.78. The van der Waals surface area contributed by atoms with Crippen molar-refractivity contribution < 1.29 is 0 Å². The minimum atomic E-state index is 0.658. The van der Waals surface area contributed by atoms with Gasteiger partial charge in [-0.1, -0.05) is 26.8 Å². The summed E-state index contributed by atoms with van der Waals surface area (Å²) < 4.78 is 2.21. The molecule has 4 heteroatoms. The first-order chi connectivity index (χ1) is 10.2. The third kappa shape index (κ3) is 3.76. The fourth-order valence-electron chi connectivity index (χ4n) is 2.61. The predicted octanol–water partition coefficient (Wildman–Crippen LogP) is 3.32. The number of hydrogen-bond acceptors (Lipinski definition) is 3. The Kier molecular flexibility index (Phi) is 5.62. The zero-order valence-electron chi connectivity index (χ0n) is 13.8. The molecule has 0 aromatic carbocycles. The average Bonchev–Trinajstić information content (AvgIpc) is 2.83. The highest BCUT2D eigenvalue weighted by atomic mass is 15.2. The molecular weight excluding hydrogens is 260 g/mol. The van der Waals surface area contributed by atoms with E-state index in [-0.39, 0.29) is 0 Å². The van der Waals surface area contributed by atoms with E-state index in [4.69, 9.17) is 4.98 Å². The summed E-state index contributed by atoms with van der Waals surface area (Å²) in [6.45, 7) is 12.8. The summed E-state index contributed by atoms with van der Waals surface area (Å²) in [5.41, 5.74) is 2.30. The van der Waals surface area contributed by atoms with E-state index in [0.717, 1.165) is 44.1 Å². The number of anilines is 1. The molecule has 0 radical (unpaired) electrons. The second-order valence-corrected chi connectivity index (χ2v) is 5.92. The Bertz CT molecular complexity index is 559. The van der Waals surface area contributed by atoms with Crippen molar-refractivity contribution in [3.8, 4) is 0 Å². The lowest BCUT2D eigenvalue weighted by Gasteiger charge is -2.21. The van der Waals surface area contributed by atoms with Gasteiger partial charge in [0.05, 0.1) is 5.69 Å². The van der Waals surface area contributed by atoms with Gasteiger partial charge in [-0.15, -0.1) is 0 Å². The van der Waals surface area contributed by atoms with Gasteiger partial charge in [0.25, 0.3) is 0 Å². The van der Waals surface area contributed by atoms with Gasteiger partial charge >= 0.3 is 0 Å². The van der Waals surface area contributed by atoms with Crippen LogP contribution in [-0.2, 0) is 6.54 Å². The lowest BCUT2D eigenvalue weighted by atomic mass is 10.2. The van der Waals surface area contributed by atoms with Gasteiger partial charge in [-0.05, 0) is 37.9 Å². The van der Waals surface area contributed by atoms with Gasteiger partial charge in [0.15, 0.2) is 5.82 Å². The van der Waals surface area contributed by atoms with Crippen LogP contribution in [0.1, 0.15) is 39.8 Å². The largest absolute Gasteiger partial charge is 0.355 e. The summed E-state index contributed by atoms with van der Waals surface area (Å²) in [7, 11) is 0. The molecule has 0 bridgehead atoms. The van der Waals surface area contributed by atoms with Crippen LogP contribution in [0.15, 0.2) is 24.4 Å². The third-order valence-electron chi connectivity index (χ3n) is 3.63. The molecule has 0 atom stereocenters. The highest BCUT2D eigenvalue weighted by Gasteiger charge is 2.16. The zero-order valence-corrected chi connectivity index (χ0v) is 13.8. The van der Waals surface area contributed by atoms with Crippen LogP contribution in [0.4, 0.5) is 5.82 Å². The van der Waals surface area contributed by atoms with Crippen LogP contribution in [0, 0.1) is 5.92 Å². The van der Waals surface area contributed by atoms with Gasteiger partial charge in [-0.3, -0.25) is 0 Å². The van der Waals surface area contributed by atoms with Gasteiger partial charge in [0.1, 0.15) is 5.65 Å². The Morgan fingerprint density at radius 3 is 2.76 bits per heavy atom. The van der Waals surface area contributed by atoms with E-state index in [0.29, 0.717) is 5.92 Å². The number of fused-ring (bicyclic) bond motifs is 1. The Labute approximate surface area is 128 Å². The van der Waals surface area contributed by atoms with Crippen molar-refractivity contribution in [2.75, 3.05) is 24.5 Å². The van der Waals surface area contributed by atoms with Crippen LogP contribution in [-0.4, -0.2) is 29.0 Å². The molecule has 2 aromatic rings. The standard InChI is InChI=1S/C17H28N4/c1-5-10-20(6-2)17-15(13-18-12-14(3)4)21-11-8-7-9-16(21)19-17/h7-9,11,14,18H,5-6,10,12-13H2,1-4H3. The molecule has 0 aliphatic carbocycles. The van der Waals surface area contributed by atoms with Gasteiger partial charge in [-0.2, -0.15) is 0 Å². The molecule has 0 aliphatic heterocycles. The lowest BCUT2D eigenvalue weighted by Crippen LogP contribution is -2.27. The van der Waals surface area contributed by atoms with Crippen molar-refractivity contribution in [1.29, 1.82) is 0 Å². The quantitative estimate of drug-likeness (QED) is 0.809. The van der Waals surface area contributed by atoms with Crippen molar-refractivity contribution in [3.05, 3.63) is 30.1 Å². The molecule has 116 valence electrons. The molecule has 0 fully saturated rings. The summed E-state index contributed by atoms with van der Waals surface area (Å²) in [6, 6.07) is 6.20.